The molecule has 7 nitrogen and oxygen atoms in total. The Hall–Kier alpha value is -2.22. The Morgan fingerprint density at radius 2 is 1.90 bits per heavy atom. The van der Waals surface area contributed by atoms with Gasteiger partial charge in [0.25, 0.3) is 0 Å². The average molecular weight is 415 g/mol. The van der Waals surface area contributed by atoms with E-state index in [1.54, 1.807) is 0 Å². The molecule has 3 aliphatic heterocycles. The van der Waals surface area contributed by atoms with Crippen molar-refractivity contribution in [3.63, 3.8) is 0 Å². The van der Waals surface area contributed by atoms with Crippen molar-refractivity contribution in [2.75, 3.05) is 26.4 Å². The van der Waals surface area contributed by atoms with Gasteiger partial charge in [0.15, 0.2) is 0 Å². The molecule has 3 heterocycles. The molecular formula is C23H30N2O5. The van der Waals surface area contributed by atoms with Gasteiger partial charge < -0.3 is 24.8 Å². The fourth-order valence-electron chi connectivity index (χ4n) is 4.39. The summed E-state index contributed by atoms with van der Waals surface area (Å²) in [5.74, 6) is -0.0511. The highest BCUT2D eigenvalue weighted by molar-refractivity contribution is 5.79. The van der Waals surface area contributed by atoms with Gasteiger partial charge >= 0.3 is 0 Å². The van der Waals surface area contributed by atoms with Gasteiger partial charge in [0.05, 0.1) is 25.2 Å². The third-order valence-corrected chi connectivity index (χ3v) is 6.22. The highest BCUT2D eigenvalue weighted by Crippen LogP contribution is 2.22. The van der Waals surface area contributed by atoms with Crippen molar-refractivity contribution >= 4 is 11.8 Å². The van der Waals surface area contributed by atoms with E-state index in [1.807, 2.05) is 29.2 Å². The first-order chi connectivity index (χ1) is 14.6. The Morgan fingerprint density at radius 3 is 2.67 bits per heavy atom. The largest absolute Gasteiger partial charge is 0.394 e. The van der Waals surface area contributed by atoms with E-state index in [9.17, 15) is 14.7 Å². The predicted molar refractivity (Wildman–Crippen MR) is 111 cm³/mol. The Balaban J connectivity index is 1.32. The molecule has 0 saturated carbocycles. The lowest BCUT2D eigenvalue weighted by Gasteiger charge is -2.34. The number of nitrogens with zero attached hydrogens (tertiary/aromatic N) is 1. The number of fused-ring (bicyclic) bond motifs is 1. The van der Waals surface area contributed by atoms with Crippen molar-refractivity contribution in [3.8, 4) is 0 Å². The number of hydrogen-bond acceptors (Lipinski definition) is 5. The molecule has 162 valence electrons. The molecule has 3 atom stereocenters. The summed E-state index contributed by atoms with van der Waals surface area (Å²) < 4.78 is 11.3. The minimum atomic E-state index is -0.557. The molecule has 2 N–H and O–H groups in total. The second-order valence-electron chi connectivity index (χ2n) is 8.24. The van der Waals surface area contributed by atoms with Crippen molar-refractivity contribution in [3.05, 3.63) is 47.5 Å². The van der Waals surface area contributed by atoms with Gasteiger partial charge in [0.2, 0.25) is 11.8 Å². The van der Waals surface area contributed by atoms with Crippen LogP contribution in [0.15, 0.2) is 36.4 Å². The summed E-state index contributed by atoms with van der Waals surface area (Å²) in [5.41, 5.74) is 2.50. The van der Waals surface area contributed by atoms with Crippen LogP contribution in [0.2, 0.25) is 0 Å². The number of aliphatic hydroxyl groups is 1. The van der Waals surface area contributed by atoms with Crippen LogP contribution in [0.25, 0.3) is 0 Å². The summed E-state index contributed by atoms with van der Waals surface area (Å²) in [6, 6.07) is 7.83. The minimum absolute atomic E-state index is 0.0310. The van der Waals surface area contributed by atoms with E-state index < -0.39 is 18.2 Å². The third-order valence-electron chi connectivity index (χ3n) is 6.22. The van der Waals surface area contributed by atoms with E-state index in [-0.39, 0.29) is 30.8 Å². The summed E-state index contributed by atoms with van der Waals surface area (Å²) in [6.07, 6.45) is 5.24. The summed E-state index contributed by atoms with van der Waals surface area (Å²) in [7, 11) is 0. The highest BCUT2D eigenvalue weighted by atomic mass is 16.5. The topological polar surface area (TPSA) is 88.1 Å². The van der Waals surface area contributed by atoms with Crippen LogP contribution in [-0.2, 0) is 32.0 Å². The predicted octanol–water partition coefficient (Wildman–Crippen LogP) is 1.19. The molecule has 0 radical (unpaired) electrons. The van der Waals surface area contributed by atoms with Crippen molar-refractivity contribution in [1.29, 1.82) is 0 Å². The summed E-state index contributed by atoms with van der Waals surface area (Å²) in [5, 5.41) is 12.7. The van der Waals surface area contributed by atoms with Gasteiger partial charge in [0.1, 0.15) is 6.10 Å². The number of nitrogens with one attached hydrogen (secondary N) is 1. The lowest BCUT2D eigenvalue weighted by molar-refractivity contribution is -0.138. The van der Waals surface area contributed by atoms with Crippen LogP contribution < -0.4 is 5.32 Å². The highest BCUT2D eigenvalue weighted by Gasteiger charge is 2.32. The van der Waals surface area contributed by atoms with Crippen LogP contribution in [0, 0.1) is 5.92 Å². The van der Waals surface area contributed by atoms with E-state index in [1.165, 1.54) is 11.1 Å². The van der Waals surface area contributed by atoms with E-state index in [0.29, 0.717) is 39.1 Å². The van der Waals surface area contributed by atoms with Crippen LogP contribution in [-0.4, -0.2) is 66.4 Å². The first kappa shape index (κ1) is 21.0. The number of rotatable bonds is 5. The molecule has 0 aliphatic carbocycles. The molecule has 2 amide bonds. The Bertz CT molecular complexity index is 790. The number of amides is 2. The molecule has 0 spiro atoms. The maximum absolute atomic E-state index is 12.8. The number of ether oxygens (including phenoxy) is 2. The molecule has 1 fully saturated rings. The Labute approximate surface area is 177 Å². The number of hydrogen-bond donors (Lipinski definition) is 2. The van der Waals surface area contributed by atoms with Crippen molar-refractivity contribution in [2.24, 2.45) is 5.92 Å². The van der Waals surface area contributed by atoms with E-state index >= 15 is 0 Å². The number of benzene rings is 1. The van der Waals surface area contributed by atoms with Crippen molar-refractivity contribution in [2.45, 2.75) is 50.5 Å². The van der Waals surface area contributed by atoms with Crippen LogP contribution in [0.3, 0.4) is 0 Å². The average Bonchev–Trinajstić information content (AvgIpc) is 2.80. The van der Waals surface area contributed by atoms with Gasteiger partial charge in [-0.2, -0.15) is 0 Å². The third kappa shape index (κ3) is 4.91. The zero-order chi connectivity index (χ0) is 20.9. The molecule has 0 unspecified atom stereocenters. The smallest absolute Gasteiger partial charge is 0.225 e. The number of carbonyl (C=O) groups is 2. The first-order valence-corrected chi connectivity index (χ1v) is 10.8. The van der Waals surface area contributed by atoms with Crippen LogP contribution in [0.5, 0.6) is 0 Å². The lowest BCUT2D eigenvalue weighted by Crippen LogP contribution is -2.51. The number of aliphatic hydroxyl groups excluding tert-OH is 1. The summed E-state index contributed by atoms with van der Waals surface area (Å²) in [4.78, 5) is 27.2. The monoisotopic (exact) mass is 414 g/mol. The molecule has 0 aromatic heterocycles. The van der Waals surface area contributed by atoms with Gasteiger partial charge in [-0.05, 0) is 30.4 Å². The zero-order valence-electron chi connectivity index (χ0n) is 17.2. The molecule has 1 aromatic rings. The second-order valence-corrected chi connectivity index (χ2v) is 8.24. The Kier molecular flexibility index (Phi) is 6.82. The fraction of sp³-hybridized carbons (Fsp3) is 0.565. The van der Waals surface area contributed by atoms with Crippen LogP contribution in [0.4, 0.5) is 0 Å². The van der Waals surface area contributed by atoms with Crippen molar-refractivity contribution in [1.82, 2.24) is 10.2 Å². The first-order valence-electron chi connectivity index (χ1n) is 10.8. The summed E-state index contributed by atoms with van der Waals surface area (Å²) in [6.45, 7) is 2.32. The minimum Gasteiger partial charge on any atom is -0.394 e. The normalized spacial score (nSPS) is 26.8. The maximum Gasteiger partial charge on any atom is 0.225 e. The molecule has 7 heteroatoms. The Morgan fingerprint density at radius 1 is 1.13 bits per heavy atom. The molecule has 1 saturated heterocycles. The summed E-state index contributed by atoms with van der Waals surface area (Å²) >= 11 is 0. The van der Waals surface area contributed by atoms with E-state index in [0.717, 1.165) is 6.42 Å². The molecular weight excluding hydrogens is 384 g/mol. The molecule has 4 rings (SSSR count). The van der Waals surface area contributed by atoms with Gasteiger partial charge in [0, 0.05) is 32.2 Å². The quantitative estimate of drug-likeness (QED) is 0.707. The fourth-order valence-corrected chi connectivity index (χ4v) is 4.39. The van der Waals surface area contributed by atoms with Gasteiger partial charge in [-0.1, -0.05) is 36.4 Å². The molecule has 1 aromatic carbocycles. The number of carbonyl (C=O) groups excluding carboxylic acids is 2. The molecule has 3 aliphatic rings. The van der Waals surface area contributed by atoms with Crippen LogP contribution >= 0.6 is 0 Å². The van der Waals surface area contributed by atoms with E-state index in [2.05, 4.69) is 17.4 Å². The van der Waals surface area contributed by atoms with Crippen LogP contribution in [0.1, 0.15) is 30.4 Å². The molecule has 30 heavy (non-hydrogen) atoms. The van der Waals surface area contributed by atoms with Gasteiger partial charge in [-0.15, -0.1) is 0 Å². The van der Waals surface area contributed by atoms with Crippen molar-refractivity contribution < 1.29 is 24.2 Å². The SMILES string of the molecule is O=C(N[C@H]1C=C[C@H](CC(=O)N2CCc3ccccc3C2)O[C@H]1CO)C1CCOCC1. The maximum atomic E-state index is 12.8. The van der Waals surface area contributed by atoms with Gasteiger partial charge in [-0.25, -0.2) is 0 Å². The lowest BCUT2D eigenvalue weighted by atomic mass is 9.97. The van der Waals surface area contributed by atoms with E-state index in [4.69, 9.17) is 9.47 Å². The zero-order valence-corrected chi connectivity index (χ0v) is 17.2. The second kappa shape index (κ2) is 9.73. The van der Waals surface area contributed by atoms with Gasteiger partial charge in [-0.3, -0.25) is 9.59 Å². The standard InChI is InChI=1S/C23H30N2O5/c26-15-21-20(24-23(28)17-8-11-29-12-9-17)6-5-19(30-21)13-22(27)25-10-7-16-3-1-2-4-18(16)14-25/h1-6,17,19-21,26H,7-15H2,(H,24,28)/t19-,20+,21+/m1/s1. The molecule has 0 bridgehead atoms.